The zero-order valence-corrected chi connectivity index (χ0v) is 55.9. The molecule has 3 aliphatic heterocycles. The van der Waals surface area contributed by atoms with Gasteiger partial charge in [0.05, 0.1) is 25.7 Å². The molecule has 29 heteroatoms. The van der Waals surface area contributed by atoms with Crippen LogP contribution in [-0.2, 0) is 72.3 Å². The smallest absolute Gasteiger partial charge is 0.407 e. The van der Waals surface area contributed by atoms with Crippen molar-refractivity contribution < 1.29 is 107 Å². The molecule has 100 heavy (non-hydrogen) atoms. The Bertz CT molecular complexity index is 3500. The van der Waals surface area contributed by atoms with E-state index < -0.39 is 202 Å². The molecule has 9 rings (SSSR count). The van der Waals surface area contributed by atoms with Crippen molar-refractivity contribution >= 4 is 47.5 Å². The Morgan fingerprint density at radius 3 is 1.65 bits per heavy atom. The summed E-state index contributed by atoms with van der Waals surface area (Å²) in [6.07, 6.45) is -25.3. The van der Waals surface area contributed by atoms with Crippen molar-refractivity contribution in [1.29, 1.82) is 0 Å². The first-order valence-electron chi connectivity index (χ1n) is 32.8. The third kappa shape index (κ3) is 18.2. The number of carbonyl (C=O) groups excluding carboxylic acids is 8. The summed E-state index contributed by atoms with van der Waals surface area (Å²) in [5.41, 5.74) is 3.28. The number of benzene rings is 5. The Labute approximate surface area is 576 Å². The summed E-state index contributed by atoms with van der Waals surface area (Å²) in [5.74, 6) is -6.86. The van der Waals surface area contributed by atoms with E-state index in [1.165, 1.54) is 27.7 Å². The monoisotopic (exact) mass is 1390 g/mol. The molecule has 3 saturated heterocycles. The molecule has 538 valence electrons. The van der Waals surface area contributed by atoms with Crippen LogP contribution in [0.3, 0.4) is 0 Å². The summed E-state index contributed by atoms with van der Waals surface area (Å²) in [6, 6.07) is 35.9. The average Bonchev–Trinajstić information content (AvgIpc) is 0.839. The molecule has 5 aromatic carbocycles. The van der Waals surface area contributed by atoms with Crippen LogP contribution in [0.1, 0.15) is 94.5 Å². The van der Waals surface area contributed by atoms with E-state index in [1.54, 1.807) is 0 Å². The fraction of sp³-hybridized carbons (Fsp3) is 0.465. The number of hydrogen-bond donors (Lipinski definition) is 14. The molecule has 17 atom stereocenters. The predicted molar refractivity (Wildman–Crippen MR) is 353 cm³/mol. The number of amides is 7. The van der Waals surface area contributed by atoms with E-state index in [9.17, 15) is 69.3 Å². The number of aliphatic hydroxyl groups is 7. The molecular weight excluding hydrogens is 1300 g/mol. The summed E-state index contributed by atoms with van der Waals surface area (Å²) < 4.78 is 41.2. The number of nitrogens with one attached hydrogen (secondary N) is 7. The lowest BCUT2D eigenvalue weighted by Gasteiger charge is -2.49. The third-order valence-electron chi connectivity index (χ3n) is 17.6. The molecule has 3 fully saturated rings. The summed E-state index contributed by atoms with van der Waals surface area (Å²) >= 11 is 0. The van der Waals surface area contributed by atoms with Gasteiger partial charge in [-0.1, -0.05) is 140 Å². The second-order valence-corrected chi connectivity index (χ2v) is 26.0. The number of rotatable bonds is 26. The van der Waals surface area contributed by atoms with Crippen LogP contribution in [-0.4, -0.2) is 219 Å². The average molecular weight is 1390 g/mol. The highest BCUT2D eigenvalue weighted by Crippen LogP contribution is 2.45. The van der Waals surface area contributed by atoms with Gasteiger partial charge in [0.15, 0.2) is 18.8 Å². The Balaban J connectivity index is 0.977. The van der Waals surface area contributed by atoms with Crippen LogP contribution >= 0.6 is 0 Å². The lowest BCUT2D eigenvalue weighted by Crippen LogP contribution is -2.71. The molecule has 4 aliphatic rings. The Kier molecular flexibility index (Phi) is 25.3. The second-order valence-electron chi connectivity index (χ2n) is 26.0. The number of hydrogen-bond acceptors (Lipinski definition) is 22. The summed E-state index contributed by atoms with van der Waals surface area (Å²) in [5, 5.41) is 94.5. The first-order chi connectivity index (χ1) is 47.7. The van der Waals surface area contributed by atoms with Gasteiger partial charge in [-0.05, 0) is 73.1 Å². The second kappa shape index (κ2) is 33.6. The van der Waals surface area contributed by atoms with Crippen LogP contribution < -0.4 is 37.2 Å². The number of ether oxygens (including phenoxy) is 7. The quantitative estimate of drug-likeness (QED) is 0.0256. The Morgan fingerprint density at radius 1 is 0.550 bits per heavy atom. The molecule has 0 bridgehead atoms. The molecule has 7 amide bonds. The molecule has 0 radical (unpaired) electrons. The van der Waals surface area contributed by atoms with E-state index in [0.29, 0.717) is 16.7 Å². The van der Waals surface area contributed by atoms with Gasteiger partial charge in [-0.25, -0.2) is 9.59 Å². The maximum atomic E-state index is 15.0. The minimum absolute atomic E-state index is 0.0938. The van der Waals surface area contributed by atoms with Crippen LogP contribution in [0.4, 0.5) is 4.79 Å². The first kappa shape index (κ1) is 75.4. The fourth-order valence-corrected chi connectivity index (χ4v) is 12.7. The van der Waals surface area contributed by atoms with E-state index in [1.807, 2.05) is 140 Å². The van der Waals surface area contributed by atoms with E-state index in [-0.39, 0.29) is 12.5 Å². The standard InChI is InChI=1S/C71H87N7O22/c1-37-57(85)61(89)62(90)68(96-37)94-36-51-63(99-67-56(74-39(3)81)59(87)58(86)50(34-79)98-67)60(88)55(73-38(2)80)65(97-51)77-53(83)32-49(66(92)100-70(4,5)6)76-64(91)48(75-54(84)33-72-69(93)95-35-47-45-28-18-16-26-43(45)44-27-17-19-29-46(44)47)30-31-52(82)78-71(40-20-10-7-11-21-40,41-22-12-8-13-23-41)42-24-14-9-15-25-42/h7-29,37,47-51,55-63,65,67-68,79,85-90H,30-36H2,1-6H3,(H,72,93)(H,73,80)(H,74,81)(H,75,84)(H,76,91)(H,77,83)(H,78,82)/t37-,48-,49-,50+,51+,55+,56+,57+,58+,59+,60+,61+,62-,63+,65+,67-,68+/m0/s1. The SMILES string of the molecule is CC(=O)N[C@@H]1[C@@H](O)[C@H](O[C@@H]2O[C@H](CO)[C@@H](O)[C@H](O)[C@H]2NC(C)=O)[C@@H](CO[C@@H]2O[C@@H](C)[C@@H](O)[C@@H](O)[C@@H]2O)O[C@H]1NC(=O)C[C@H](NC(=O)[C@H](CCC(=O)NC(c1ccccc1)(c1ccccc1)c1ccccc1)NC(=O)CNC(=O)OCC1c2ccccc2-c2ccccc21)C(=O)OC(C)(C)C. The summed E-state index contributed by atoms with van der Waals surface area (Å²) in [4.78, 5) is 112. The van der Waals surface area contributed by atoms with Gasteiger partial charge >= 0.3 is 12.1 Å². The van der Waals surface area contributed by atoms with Crippen LogP contribution in [0.25, 0.3) is 11.1 Å². The van der Waals surface area contributed by atoms with E-state index in [4.69, 9.17) is 33.2 Å². The molecule has 29 nitrogen and oxygen atoms in total. The van der Waals surface area contributed by atoms with E-state index >= 15 is 4.79 Å². The third-order valence-corrected chi connectivity index (χ3v) is 17.6. The Hall–Kier alpha value is -8.82. The molecule has 5 aromatic rings. The predicted octanol–water partition coefficient (Wildman–Crippen LogP) is -0.00530. The van der Waals surface area contributed by atoms with Crippen molar-refractivity contribution in [2.75, 3.05) is 26.4 Å². The van der Waals surface area contributed by atoms with Gasteiger partial charge in [-0.2, -0.15) is 0 Å². The largest absolute Gasteiger partial charge is 0.458 e. The van der Waals surface area contributed by atoms with Gasteiger partial charge in [-0.15, -0.1) is 0 Å². The zero-order valence-electron chi connectivity index (χ0n) is 55.9. The van der Waals surface area contributed by atoms with Crippen molar-refractivity contribution in [3.05, 3.63) is 167 Å². The molecule has 14 N–H and O–H groups in total. The highest BCUT2D eigenvalue weighted by Gasteiger charge is 2.53. The lowest BCUT2D eigenvalue weighted by atomic mass is 9.77. The number of aliphatic hydroxyl groups excluding tert-OH is 7. The highest BCUT2D eigenvalue weighted by molar-refractivity contribution is 5.94. The minimum atomic E-state index is -2.03. The Morgan fingerprint density at radius 2 is 1.10 bits per heavy atom. The van der Waals surface area contributed by atoms with E-state index in [2.05, 4.69) is 37.2 Å². The van der Waals surface area contributed by atoms with E-state index in [0.717, 1.165) is 36.1 Å². The highest BCUT2D eigenvalue weighted by atomic mass is 16.7. The maximum absolute atomic E-state index is 15.0. The first-order valence-corrected chi connectivity index (χ1v) is 32.8. The maximum Gasteiger partial charge on any atom is 0.407 e. The van der Waals surface area contributed by atoms with Crippen LogP contribution in [0.15, 0.2) is 140 Å². The molecule has 0 saturated carbocycles. The van der Waals surface area contributed by atoms with Crippen molar-refractivity contribution in [3.63, 3.8) is 0 Å². The summed E-state index contributed by atoms with van der Waals surface area (Å²) in [7, 11) is 0. The van der Waals surface area contributed by atoms with Gasteiger partial charge in [0.2, 0.25) is 35.4 Å². The molecule has 1 aliphatic carbocycles. The molecule has 0 spiro atoms. The van der Waals surface area contributed by atoms with Gasteiger partial charge in [0, 0.05) is 26.2 Å². The van der Waals surface area contributed by atoms with Gasteiger partial charge in [-0.3, -0.25) is 28.8 Å². The van der Waals surface area contributed by atoms with Crippen LogP contribution in [0, 0.1) is 0 Å². The number of esters is 1. The lowest BCUT2D eigenvalue weighted by molar-refractivity contribution is -0.329. The topological polar surface area (TPSA) is 427 Å². The van der Waals surface area contributed by atoms with Gasteiger partial charge in [0.1, 0.15) is 103 Å². The number of carbonyl (C=O) groups is 8. The minimum Gasteiger partial charge on any atom is -0.458 e. The van der Waals surface area contributed by atoms with Crippen molar-refractivity contribution in [1.82, 2.24) is 37.2 Å². The molecule has 0 unspecified atom stereocenters. The zero-order chi connectivity index (χ0) is 72.2. The van der Waals surface area contributed by atoms with Crippen molar-refractivity contribution in [2.45, 2.75) is 182 Å². The van der Waals surface area contributed by atoms with Crippen LogP contribution in [0.5, 0.6) is 0 Å². The fourth-order valence-electron chi connectivity index (χ4n) is 12.7. The van der Waals surface area contributed by atoms with Gasteiger partial charge in [0.25, 0.3) is 0 Å². The molecule has 3 heterocycles. The van der Waals surface area contributed by atoms with Gasteiger partial charge < -0.3 is 106 Å². The van der Waals surface area contributed by atoms with Crippen molar-refractivity contribution in [2.24, 2.45) is 0 Å². The van der Waals surface area contributed by atoms with Crippen LogP contribution in [0.2, 0.25) is 0 Å². The number of fused-ring (bicyclic) bond motifs is 3. The number of alkyl carbamates (subject to hydrolysis) is 1. The normalized spacial score (nSPS) is 26.4. The molecular formula is C71H87N7O22. The molecule has 0 aromatic heterocycles. The summed E-state index contributed by atoms with van der Waals surface area (Å²) in [6.45, 7) is 5.52. The van der Waals surface area contributed by atoms with Crippen molar-refractivity contribution in [3.8, 4) is 11.1 Å².